The lowest BCUT2D eigenvalue weighted by atomic mass is 10.0. The first kappa shape index (κ1) is 13.1. The summed E-state index contributed by atoms with van der Waals surface area (Å²) in [6.07, 6.45) is 0.775. The van der Waals surface area contributed by atoms with Gasteiger partial charge in [0.1, 0.15) is 0 Å². The predicted octanol–water partition coefficient (Wildman–Crippen LogP) is 1.26. The predicted molar refractivity (Wildman–Crippen MR) is 51.5 cm³/mol. The Morgan fingerprint density at radius 1 is 1.36 bits per heavy atom. The van der Waals surface area contributed by atoms with Gasteiger partial charge in [-0.15, -0.1) is 0 Å². The Bertz CT molecular complexity index is 200. The minimum absolute atomic E-state index is 0.169. The van der Waals surface area contributed by atoms with Gasteiger partial charge in [0, 0.05) is 6.42 Å². The van der Waals surface area contributed by atoms with Crippen LogP contribution in [0.4, 0.5) is 0 Å². The monoisotopic (exact) mass is 202 g/mol. The zero-order chi connectivity index (χ0) is 11.1. The van der Waals surface area contributed by atoms with E-state index in [1.807, 2.05) is 6.92 Å². The van der Waals surface area contributed by atoms with E-state index in [0.29, 0.717) is 6.42 Å². The highest BCUT2D eigenvalue weighted by molar-refractivity contribution is 5.86. The summed E-state index contributed by atoms with van der Waals surface area (Å²) in [5.74, 6) is -1.83. The fourth-order valence-corrected chi connectivity index (χ4v) is 0.980. The van der Waals surface area contributed by atoms with E-state index in [0.717, 1.165) is 6.42 Å². The molecule has 14 heavy (non-hydrogen) atoms. The molecule has 0 bridgehead atoms. The summed E-state index contributed by atoms with van der Waals surface area (Å²) in [7, 11) is 0. The first-order valence-electron chi connectivity index (χ1n) is 4.95. The van der Waals surface area contributed by atoms with Crippen molar-refractivity contribution < 1.29 is 19.4 Å². The fourth-order valence-electron chi connectivity index (χ4n) is 0.980. The molecule has 0 fully saturated rings. The van der Waals surface area contributed by atoms with Crippen LogP contribution in [0.5, 0.6) is 0 Å². The molecule has 0 aliphatic heterocycles. The zero-order valence-electron chi connectivity index (χ0n) is 8.95. The van der Waals surface area contributed by atoms with Crippen LogP contribution in [0.25, 0.3) is 0 Å². The van der Waals surface area contributed by atoms with Crippen molar-refractivity contribution in [3.8, 4) is 0 Å². The van der Waals surface area contributed by atoms with Gasteiger partial charge in [-0.2, -0.15) is 0 Å². The number of esters is 2. The number of hydrogen-bond donors (Lipinski definition) is 1. The molecule has 0 aliphatic rings. The third kappa shape index (κ3) is 4.37. The standard InChI is InChI=1S/C10H18O4/c1-4-6-8(11)7(3)10(13)14-9(12)5-2/h7-8,11H,4-6H2,1-3H3/t7-,8+/m0/s1. The highest BCUT2D eigenvalue weighted by Crippen LogP contribution is 2.11. The molecule has 0 saturated carbocycles. The van der Waals surface area contributed by atoms with Gasteiger partial charge in [-0.1, -0.05) is 20.3 Å². The number of aliphatic hydroxyl groups is 1. The van der Waals surface area contributed by atoms with Crippen molar-refractivity contribution in [1.29, 1.82) is 0 Å². The van der Waals surface area contributed by atoms with Crippen molar-refractivity contribution >= 4 is 11.9 Å². The lowest BCUT2D eigenvalue weighted by Gasteiger charge is -2.15. The molecule has 0 rings (SSSR count). The summed E-state index contributed by atoms with van der Waals surface area (Å²) in [6, 6.07) is 0. The maximum atomic E-state index is 11.2. The molecule has 1 N–H and O–H groups in total. The molecule has 0 saturated heterocycles. The Morgan fingerprint density at radius 2 is 1.93 bits per heavy atom. The van der Waals surface area contributed by atoms with E-state index < -0.39 is 24.0 Å². The Labute approximate surface area is 84.3 Å². The SMILES string of the molecule is CCC[C@@H](O)[C@H](C)C(=O)OC(=O)CC. The van der Waals surface area contributed by atoms with Gasteiger partial charge in [0.2, 0.25) is 0 Å². The lowest BCUT2D eigenvalue weighted by molar-refractivity contribution is -0.164. The first-order valence-corrected chi connectivity index (χ1v) is 4.95. The third-order valence-electron chi connectivity index (χ3n) is 2.04. The van der Waals surface area contributed by atoms with E-state index in [9.17, 15) is 14.7 Å². The van der Waals surface area contributed by atoms with Crippen LogP contribution < -0.4 is 0 Å². The Kier molecular flexibility index (Phi) is 6.12. The number of rotatable bonds is 5. The average Bonchev–Trinajstić information content (AvgIpc) is 2.16. The van der Waals surface area contributed by atoms with Crippen LogP contribution in [0.15, 0.2) is 0 Å². The maximum Gasteiger partial charge on any atom is 0.318 e. The lowest BCUT2D eigenvalue weighted by Crippen LogP contribution is -2.28. The largest absolute Gasteiger partial charge is 0.393 e. The molecule has 4 nitrogen and oxygen atoms in total. The Morgan fingerprint density at radius 3 is 2.36 bits per heavy atom. The van der Waals surface area contributed by atoms with E-state index >= 15 is 0 Å². The quantitative estimate of drug-likeness (QED) is 0.538. The molecular formula is C10H18O4. The minimum Gasteiger partial charge on any atom is -0.393 e. The average molecular weight is 202 g/mol. The molecule has 4 heteroatoms. The first-order chi connectivity index (χ1) is 6.52. The molecule has 0 heterocycles. The summed E-state index contributed by atoms with van der Waals surface area (Å²) in [6.45, 7) is 5.09. The van der Waals surface area contributed by atoms with Crippen LogP contribution >= 0.6 is 0 Å². The van der Waals surface area contributed by atoms with Crippen LogP contribution in [0, 0.1) is 5.92 Å². The van der Waals surface area contributed by atoms with E-state index in [-0.39, 0.29) is 6.42 Å². The maximum absolute atomic E-state index is 11.2. The molecule has 0 spiro atoms. The Hall–Kier alpha value is -0.900. The van der Waals surface area contributed by atoms with Crippen molar-refractivity contribution in [2.45, 2.75) is 46.1 Å². The molecule has 2 atom stereocenters. The summed E-state index contributed by atoms with van der Waals surface area (Å²) < 4.78 is 4.49. The van der Waals surface area contributed by atoms with Crippen LogP contribution in [0.1, 0.15) is 40.0 Å². The minimum atomic E-state index is -0.725. The van der Waals surface area contributed by atoms with Gasteiger partial charge in [0.25, 0.3) is 0 Å². The smallest absolute Gasteiger partial charge is 0.318 e. The van der Waals surface area contributed by atoms with Crippen molar-refractivity contribution in [2.24, 2.45) is 5.92 Å². The van der Waals surface area contributed by atoms with E-state index in [1.54, 1.807) is 13.8 Å². The van der Waals surface area contributed by atoms with Gasteiger partial charge in [-0.05, 0) is 13.3 Å². The van der Waals surface area contributed by atoms with Gasteiger partial charge >= 0.3 is 11.9 Å². The van der Waals surface area contributed by atoms with Gasteiger partial charge < -0.3 is 9.84 Å². The highest BCUT2D eigenvalue weighted by atomic mass is 16.6. The highest BCUT2D eigenvalue weighted by Gasteiger charge is 2.24. The van der Waals surface area contributed by atoms with Crippen molar-refractivity contribution in [3.05, 3.63) is 0 Å². The van der Waals surface area contributed by atoms with E-state index in [2.05, 4.69) is 4.74 Å². The van der Waals surface area contributed by atoms with Crippen LogP contribution in [0.2, 0.25) is 0 Å². The van der Waals surface area contributed by atoms with Crippen molar-refractivity contribution in [2.75, 3.05) is 0 Å². The number of carbonyl (C=O) groups is 2. The summed E-state index contributed by atoms with van der Waals surface area (Å²) in [5, 5.41) is 9.46. The van der Waals surface area contributed by atoms with Crippen LogP contribution in [-0.2, 0) is 14.3 Å². The number of carbonyl (C=O) groups excluding carboxylic acids is 2. The molecule has 0 amide bonds. The van der Waals surface area contributed by atoms with Crippen LogP contribution in [-0.4, -0.2) is 23.1 Å². The van der Waals surface area contributed by atoms with E-state index in [1.165, 1.54) is 0 Å². The summed E-state index contributed by atoms with van der Waals surface area (Å²) in [5.41, 5.74) is 0. The molecule has 82 valence electrons. The molecular weight excluding hydrogens is 184 g/mol. The second-order valence-corrected chi connectivity index (χ2v) is 3.29. The van der Waals surface area contributed by atoms with Crippen LogP contribution in [0.3, 0.4) is 0 Å². The van der Waals surface area contributed by atoms with Crippen molar-refractivity contribution in [3.63, 3.8) is 0 Å². The Balaban J connectivity index is 4.04. The normalized spacial score (nSPS) is 14.6. The second-order valence-electron chi connectivity index (χ2n) is 3.29. The number of aliphatic hydroxyl groups excluding tert-OH is 1. The summed E-state index contributed by atoms with van der Waals surface area (Å²) >= 11 is 0. The fraction of sp³-hybridized carbons (Fsp3) is 0.800. The topological polar surface area (TPSA) is 63.6 Å². The van der Waals surface area contributed by atoms with Gasteiger partial charge in [0.15, 0.2) is 0 Å². The van der Waals surface area contributed by atoms with Gasteiger partial charge in [-0.3, -0.25) is 9.59 Å². The van der Waals surface area contributed by atoms with Crippen molar-refractivity contribution in [1.82, 2.24) is 0 Å². The summed E-state index contributed by atoms with van der Waals surface area (Å²) in [4.78, 5) is 22.0. The molecule has 0 aromatic rings. The molecule has 0 radical (unpaired) electrons. The number of hydrogen-bond acceptors (Lipinski definition) is 4. The number of ether oxygens (including phenoxy) is 1. The van der Waals surface area contributed by atoms with Gasteiger partial charge in [0.05, 0.1) is 12.0 Å². The second kappa shape index (κ2) is 6.54. The molecule has 0 aromatic carbocycles. The van der Waals surface area contributed by atoms with E-state index in [4.69, 9.17) is 0 Å². The third-order valence-corrected chi connectivity index (χ3v) is 2.04. The molecule has 0 unspecified atom stereocenters. The van der Waals surface area contributed by atoms with Gasteiger partial charge in [-0.25, -0.2) is 0 Å². The molecule has 0 aliphatic carbocycles. The molecule has 0 aromatic heterocycles. The zero-order valence-corrected chi connectivity index (χ0v) is 8.95.